The van der Waals surface area contributed by atoms with Crippen molar-refractivity contribution in [3.8, 4) is 5.75 Å². The van der Waals surface area contributed by atoms with Gasteiger partial charge >= 0.3 is 0 Å². The predicted molar refractivity (Wildman–Crippen MR) is 131 cm³/mol. The number of hydrogen-bond donors (Lipinski definition) is 0. The molecule has 4 rings (SSSR count). The highest BCUT2D eigenvalue weighted by Crippen LogP contribution is 2.35. The van der Waals surface area contributed by atoms with Crippen LogP contribution in [-0.4, -0.2) is 43.6 Å². The second-order valence-corrected chi connectivity index (χ2v) is 8.56. The molecule has 2 aromatic carbocycles. The summed E-state index contributed by atoms with van der Waals surface area (Å²) in [6, 6.07) is 11.8. The highest BCUT2D eigenvalue weighted by Gasteiger charge is 2.22. The average molecular weight is 453 g/mol. The first-order chi connectivity index (χ1) is 15.4. The van der Waals surface area contributed by atoms with Crippen molar-refractivity contribution in [1.82, 2.24) is 4.90 Å². The highest BCUT2D eigenvalue weighted by molar-refractivity contribution is 6.33. The number of rotatable bonds is 5. The van der Waals surface area contributed by atoms with Crippen LogP contribution in [0.4, 0.5) is 5.69 Å². The molecule has 0 spiro atoms. The first-order valence-electron chi connectivity index (χ1n) is 11.0. The maximum absolute atomic E-state index is 13.0. The third kappa shape index (κ3) is 4.35. The highest BCUT2D eigenvalue weighted by atomic mass is 35.5. The van der Waals surface area contributed by atoms with Gasteiger partial charge in [-0.05, 0) is 57.0 Å². The zero-order valence-corrected chi connectivity index (χ0v) is 19.8. The Hall–Kier alpha value is -2.92. The summed E-state index contributed by atoms with van der Waals surface area (Å²) in [6.45, 7) is 11.3. The van der Waals surface area contributed by atoms with Crippen molar-refractivity contribution < 1.29 is 13.9 Å². The van der Waals surface area contributed by atoms with Gasteiger partial charge in [0.25, 0.3) is 0 Å². The summed E-state index contributed by atoms with van der Waals surface area (Å²) in [5, 5.41) is 1.79. The largest absolute Gasteiger partial charge is 0.493 e. The minimum atomic E-state index is 0.0175. The van der Waals surface area contributed by atoms with Crippen molar-refractivity contribution in [3.63, 3.8) is 0 Å². The normalized spacial score (nSPS) is 14.8. The van der Waals surface area contributed by atoms with E-state index in [0.29, 0.717) is 19.7 Å². The van der Waals surface area contributed by atoms with Gasteiger partial charge < -0.3 is 19.0 Å². The van der Waals surface area contributed by atoms with Crippen LogP contribution in [0.3, 0.4) is 0 Å². The number of benzene rings is 2. The number of allylic oxidation sites excluding steroid dienone is 1. The standard InChI is InChI=1S/C26H29ClN2O3/c1-5-31-24-16-25-21(18(3)19(4)32-25)15-20(24)17(2)14-26(30)29-12-10-28(11-13-29)23-9-7-6-8-22(23)27/h6-9,14-16H,5,10-13H2,1-4H3/b17-14+. The van der Waals surface area contributed by atoms with Crippen molar-refractivity contribution in [1.29, 1.82) is 0 Å². The molecular weight excluding hydrogens is 424 g/mol. The number of amides is 1. The lowest BCUT2D eigenvalue weighted by atomic mass is 10.0. The van der Waals surface area contributed by atoms with E-state index in [9.17, 15) is 4.79 Å². The molecule has 1 aliphatic rings. The van der Waals surface area contributed by atoms with Gasteiger partial charge in [0, 0.05) is 49.3 Å². The molecule has 2 heterocycles. The molecule has 0 unspecified atom stereocenters. The fourth-order valence-electron chi connectivity index (χ4n) is 4.18. The molecule has 0 radical (unpaired) electrons. The average Bonchev–Trinajstić information content (AvgIpc) is 3.06. The van der Waals surface area contributed by atoms with E-state index in [1.54, 1.807) is 6.08 Å². The molecule has 0 aliphatic carbocycles. The van der Waals surface area contributed by atoms with E-state index < -0.39 is 0 Å². The van der Waals surface area contributed by atoms with Gasteiger partial charge in [-0.25, -0.2) is 0 Å². The number of fused-ring (bicyclic) bond motifs is 1. The molecule has 6 heteroatoms. The van der Waals surface area contributed by atoms with E-state index >= 15 is 0 Å². The monoisotopic (exact) mass is 452 g/mol. The molecule has 1 amide bonds. The number of carbonyl (C=O) groups is 1. The zero-order chi connectivity index (χ0) is 22.8. The van der Waals surface area contributed by atoms with Gasteiger partial charge in [-0.15, -0.1) is 0 Å². The Kier molecular flexibility index (Phi) is 6.47. The van der Waals surface area contributed by atoms with Crippen molar-refractivity contribution >= 4 is 39.7 Å². The van der Waals surface area contributed by atoms with Crippen LogP contribution >= 0.6 is 11.6 Å². The number of aryl methyl sites for hydroxylation is 2. The summed E-state index contributed by atoms with van der Waals surface area (Å²) < 4.78 is 11.7. The van der Waals surface area contributed by atoms with Gasteiger partial charge in [-0.1, -0.05) is 23.7 Å². The second kappa shape index (κ2) is 9.29. The third-order valence-corrected chi connectivity index (χ3v) is 6.45. The van der Waals surface area contributed by atoms with E-state index in [1.165, 1.54) is 0 Å². The van der Waals surface area contributed by atoms with Gasteiger partial charge in [0.15, 0.2) is 0 Å². The summed E-state index contributed by atoms with van der Waals surface area (Å²) >= 11 is 6.34. The van der Waals surface area contributed by atoms with Crippen molar-refractivity contribution in [2.45, 2.75) is 27.7 Å². The van der Waals surface area contributed by atoms with Gasteiger partial charge in [0.05, 0.1) is 17.3 Å². The molecule has 1 aliphatic heterocycles. The molecule has 168 valence electrons. The predicted octanol–water partition coefficient (Wildman–Crippen LogP) is 5.85. The molecule has 0 atom stereocenters. The number of halogens is 1. The van der Waals surface area contributed by atoms with Crippen molar-refractivity contribution in [3.05, 3.63) is 64.4 Å². The summed E-state index contributed by atoms with van der Waals surface area (Å²) in [6.07, 6.45) is 1.72. The van der Waals surface area contributed by atoms with Gasteiger partial charge in [-0.2, -0.15) is 0 Å². The summed E-state index contributed by atoms with van der Waals surface area (Å²) in [5.41, 5.74) is 4.74. The fourth-order valence-corrected chi connectivity index (χ4v) is 4.44. The zero-order valence-electron chi connectivity index (χ0n) is 19.1. The maximum Gasteiger partial charge on any atom is 0.246 e. The summed E-state index contributed by atoms with van der Waals surface area (Å²) in [4.78, 5) is 17.2. The number of hydrogen-bond acceptors (Lipinski definition) is 4. The lowest BCUT2D eigenvalue weighted by Crippen LogP contribution is -2.48. The Bertz CT molecular complexity index is 1170. The van der Waals surface area contributed by atoms with Crippen LogP contribution in [0.2, 0.25) is 5.02 Å². The molecule has 5 nitrogen and oxygen atoms in total. The second-order valence-electron chi connectivity index (χ2n) is 8.15. The third-order valence-electron chi connectivity index (χ3n) is 6.13. The maximum atomic E-state index is 13.0. The number of para-hydroxylation sites is 1. The Labute approximate surface area is 194 Å². The van der Waals surface area contributed by atoms with E-state index in [0.717, 1.165) is 63.0 Å². The van der Waals surface area contributed by atoms with Gasteiger partial charge in [0.2, 0.25) is 5.91 Å². The van der Waals surface area contributed by atoms with E-state index in [2.05, 4.69) is 11.0 Å². The lowest BCUT2D eigenvalue weighted by molar-refractivity contribution is -0.126. The quantitative estimate of drug-likeness (QED) is 0.455. The van der Waals surface area contributed by atoms with Crippen LogP contribution in [-0.2, 0) is 4.79 Å². The molecule has 0 saturated carbocycles. The van der Waals surface area contributed by atoms with Crippen LogP contribution in [0.5, 0.6) is 5.75 Å². The van der Waals surface area contributed by atoms with Gasteiger partial charge in [-0.3, -0.25) is 4.79 Å². The molecule has 3 aromatic rings. The first-order valence-corrected chi connectivity index (χ1v) is 11.4. The number of carbonyl (C=O) groups excluding carboxylic acids is 1. The number of ether oxygens (including phenoxy) is 1. The molecule has 32 heavy (non-hydrogen) atoms. The first kappa shape index (κ1) is 22.3. The minimum Gasteiger partial charge on any atom is -0.493 e. The van der Waals surface area contributed by atoms with Crippen molar-refractivity contribution in [2.24, 2.45) is 0 Å². The Morgan fingerprint density at radius 1 is 1.16 bits per heavy atom. The van der Waals surface area contributed by atoms with Crippen LogP contribution < -0.4 is 9.64 Å². The Morgan fingerprint density at radius 3 is 2.56 bits per heavy atom. The SMILES string of the molecule is CCOc1cc2oc(C)c(C)c2cc1/C(C)=C/C(=O)N1CCN(c2ccccc2Cl)CC1. The molecule has 0 bridgehead atoms. The van der Waals surface area contributed by atoms with Crippen molar-refractivity contribution in [2.75, 3.05) is 37.7 Å². The van der Waals surface area contributed by atoms with Crippen LogP contribution in [0.25, 0.3) is 16.5 Å². The molecule has 1 fully saturated rings. The topological polar surface area (TPSA) is 45.9 Å². The summed E-state index contributed by atoms with van der Waals surface area (Å²) in [7, 11) is 0. The molecule has 1 saturated heterocycles. The number of anilines is 1. The fraction of sp³-hybridized carbons (Fsp3) is 0.346. The van der Waals surface area contributed by atoms with Crippen LogP contribution in [0.15, 0.2) is 46.9 Å². The Balaban J connectivity index is 1.53. The molecule has 0 N–H and O–H groups in total. The van der Waals surface area contributed by atoms with E-state index in [1.807, 2.05) is 62.9 Å². The number of furan rings is 1. The van der Waals surface area contributed by atoms with E-state index in [-0.39, 0.29) is 5.91 Å². The smallest absolute Gasteiger partial charge is 0.246 e. The van der Waals surface area contributed by atoms with Crippen LogP contribution in [0.1, 0.15) is 30.7 Å². The number of nitrogens with zero attached hydrogens (tertiary/aromatic N) is 2. The van der Waals surface area contributed by atoms with E-state index in [4.69, 9.17) is 20.8 Å². The van der Waals surface area contributed by atoms with Crippen LogP contribution in [0, 0.1) is 13.8 Å². The molecular formula is C26H29ClN2O3. The summed E-state index contributed by atoms with van der Waals surface area (Å²) in [5.74, 6) is 1.65. The Morgan fingerprint density at radius 2 is 1.88 bits per heavy atom. The minimum absolute atomic E-state index is 0.0175. The molecule has 1 aromatic heterocycles. The lowest BCUT2D eigenvalue weighted by Gasteiger charge is -2.36. The van der Waals surface area contributed by atoms with Gasteiger partial charge in [0.1, 0.15) is 17.1 Å². The number of piperazine rings is 1.